The summed E-state index contributed by atoms with van der Waals surface area (Å²) in [7, 11) is 1.34. The fourth-order valence-corrected chi connectivity index (χ4v) is 1.51. The van der Waals surface area contributed by atoms with Crippen LogP contribution in [-0.4, -0.2) is 24.6 Å². The van der Waals surface area contributed by atoms with Gasteiger partial charge in [0.2, 0.25) is 0 Å². The Bertz CT molecular complexity index is 330. The van der Waals surface area contributed by atoms with Gasteiger partial charge in [-0.15, -0.1) is 0 Å². The number of nitrogens with two attached hydrogens (primary N) is 1. The van der Waals surface area contributed by atoms with Gasteiger partial charge in [-0.05, 0) is 27.6 Å². The average Bonchev–Trinajstić information content (AvgIpc) is 2.19. The second-order valence-electron chi connectivity index (χ2n) is 2.75. The zero-order valence-corrected chi connectivity index (χ0v) is 9.32. The predicted molar refractivity (Wildman–Crippen MR) is 55.7 cm³/mol. The third-order valence-electron chi connectivity index (χ3n) is 1.85. The minimum absolute atomic E-state index is 0.213. The molecule has 4 nitrogen and oxygen atoms in total. The zero-order chi connectivity index (χ0) is 10.6. The van der Waals surface area contributed by atoms with Gasteiger partial charge in [0.05, 0.1) is 13.0 Å². The van der Waals surface area contributed by atoms with Crippen LogP contribution in [0, 0.1) is 0 Å². The van der Waals surface area contributed by atoms with Gasteiger partial charge < -0.3 is 10.5 Å². The summed E-state index contributed by atoms with van der Waals surface area (Å²) >= 11 is 3.28. The maximum atomic E-state index is 11.3. The van der Waals surface area contributed by atoms with E-state index in [4.69, 9.17) is 5.73 Å². The lowest BCUT2D eigenvalue weighted by Gasteiger charge is -2.11. The van der Waals surface area contributed by atoms with Crippen LogP contribution < -0.4 is 5.73 Å². The maximum Gasteiger partial charge on any atom is 0.314 e. The molecule has 0 aliphatic heterocycles. The number of carbonyl (C=O) groups is 1. The molecule has 0 bridgehead atoms. The largest absolute Gasteiger partial charge is 0.469 e. The van der Waals surface area contributed by atoms with Crippen LogP contribution in [0.3, 0.4) is 0 Å². The average molecular weight is 259 g/mol. The van der Waals surface area contributed by atoms with Crippen LogP contribution >= 0.6 is 15.9 Å². The van der Waals surface area contributed by atoms with Gasteiger partial charge in [0.1, 0.15) is 0 Å². The third kappa shape index (κ3) is 2.52. The van der Waals surface area contributed by atoms with Crippen molar-refractivity contribution in [2.24, 2.45) is 5.73 Å². The van der Waals surface area contributed by atoms with Gasteiger partial charge in [-0.3, -0.25) is 9.78 Å². The Morgan fingerprint density at radius 2 is 2.43 bits per heavy atom. The van der Waals surface area contributed by atoms with Crippen molar-refractivity contribution in [3.8, 4) is 0 Å². The highest BCUT2D eigenvalue weighted by Gasteiger charge is 2.19. The second kappa shape index (κ2) is 5.07. The molecular weight excluding hydrogens is 248 g/mol. The molecule has 0 spiro atoms. The van der Waals surface area contributed by atoms with Crippen molar-refractivity contribution in [1.82, 2.24) is 4.98 Å². The molecule has 76 valence electrons. The van der Waals surface area contributed by atoms with Gasteiger partial charge in [0, 0.05) is 23.4 Å². The van der Waals surface area contributed by atoms with Crippen LogP contribution in [-0.2, 0) is 9.53 Å². The number of hydrogen-bond acceptors (Lipinski definition) is 4. The van der Waals surface area contributed by atoms with E-state index < -0.39 is 5.92 Å². The highest BCUT2D eigenvalue weighted by atomic mass is 79.9. The number of nitrogens with zero attached hydrogens (tertiary/aromatic N) is 1. The summed E-state index contributed by atoms with van der Waals surface area (Å²) in [6, 6.07) is 1.81. The number of rotatable bonds is 3. The Labute approximate surface area is 90.6 Å². The highest BCUT2D eigenvalue weighted by molar-refractivity contribution is 9.10. The van der Waals surface area contributed by atoms with Crippen molar-refractivity contribution in [3.05, 3.63) is 28.5 Å². The van der Waals surface area contributed by atoms with Crippen molar-refractivity contribution in [1.29, 1.82) is 0 Å². The van der Waals surface area contributed by atoms with Gasteiger partial charge in [-0.2, -0.15) is 0 Å². The molecule has 0 radical (unpaired) electrons. The fourth-order valence-electron chi connectivity index (χ4n) is 1.13. The first-order valence-corrected chi connectivity index (χ1v) is 4.86. The van der Waals surface area contributed by atoms with Gasteiger partial charge in [-0.25, -0.2) is 0 Å². The lowest BCUT2D eigenvalue weighted by Crippen LogP contribution is -2.22. The molecule has 0 fully saturated rings. The molecular formula is C9H11BrN2O2. The van der Waals surface area contributed by atoms with E-state index in [1.54, 1.807) is 18.5 Å². The molecule has 0 saturated carbocycles. The molecule has 0 amide bonds. The van der Waals surface area contributed by atoms with E-state index in [0.29, 0.717) is 0 Å². The third-order valence-corrected chi connectivity index (χ3v) is 2.28. The minimum atomic E-state index is -0.440. The second-order valence-corrected chi connectivity index (χ2v) is 3.66. The number of hydrogen-bond donors (Lipinski definition) is 1. The molecule has 14 heavy (non-hydrogen) atoms. The van der Waals surface area contributed by atoms with Crippen molar-refractivity contribution < 1.29 is 9.53 Å². The van der Waals surface area contributed by atoms with E-state index in [1.807, 2.05) is 0 Å². The Balaban J connectivity index is 2.94. The highest BCUT2D eigenvalue weighted by Crippen LogP contribution is 2.18. The van der Waals surface area contributed by atoms with E-state index >= 15 is 0 Å². The summed E-state index contributed by atoms with van der Waals surface area (Å²) in [5, 5.41) is 0. The lowest BCUT2D eigenvalue weighted by atomic mass is 10.0. The number of halogens is 1. The molecule has 0 aromatic carbocycles. The summed E-state index contributed by atoms with van der Waals surface area (Å²) in [5.41, 5.74) is 6.25. The van der Waals surface area contributed by atoms with E-state index in [1.165, 1.54) is 7.11 Å². The van der Waals surface area contributed by atoms with Crippen LogP contribution in [0.4, 0.5) is 0 Å². The van der Waals surface area contributed by atoms with E-state index in [-0.39, 0.29) is 12.5 Å². The summed E-state index contributed by atoms with van der Waals surface area (Å²) in [5.74, 6) is -0.780. The molecule has 0 saturated heterocycles. The molecule has 1 rings (SSSR count). The number of ether oxygens (including phenoxy) is 1. The van der Waals surface area contributed by atoms with Crippen LogP contribution in [0.5, 0.6) is 0 Å². The Morgan fingerprint density at radius 3 is 2.93 bits per heavy atom. The van der Waals surface area contributed by atoms with Gasteiger partial charge in [0.15, 0.2) is 0 Å². The number of esters is 1. The SMILES string of the molecule is COC(=O)C(CN)c1cncc(Br)c1. The molecule has 1 heterocycles. The molecule has 5 heteroatoms. The number of methoxy groups -OCH3 is 1. The number of carbonyl (C=O) groups excluding carboxylic acids is 1. The first-order chi connectivity index (χ1) is 6.69. The molecule has 0 aliphatic rings. The van der Waals surface area contributed by atoms with E-state index in [0.717, 1.165) is 10.0 Å². The van der Waals surface area contributed by atoms with Crippen LogP contribution in [0.1, 0.15) is 11.5 Å². The normalized spacial score (nSPS) is 12.2. The summed E-state index contributed by atoms with van der Waals surface area (Å²) in [6.07, 6.45) is 3.26. The Kier molecular flexibility index (Phi) is 4.03. The van der Waals surface area contributed by atoms with Crippen LogP contribution in [0.15, 0.2) is 22.9 Å². The maximum absolute atomic E-state index is 11.3. The fraction of sp³-hybridized carbons (Fsp3) is 0.333. The number of pyridine rings is 1. The van der Waals surface area contributed by atoms with Crippen molar-refractivity contribution in [3.63, 3.8) is 0 Å². The monoisotopic (exact) mass is 258 g/mol. The Morgan fingerprint density at radius 1 is 1.71 bits per heavy atom. The lowest BCUT2D eigenvalue weighted by molar-refractivity contribution is -0.142. The van der Waals surface area contributed by atoms with Crippen LogP contribution in [0.25, 0.3) is 0 Å². The Hall–Kier alpha value is -0.940. The quantitative estimate of drug-likeness (QED) is 0.824. The predicted octanol–water partition coefficient (Wildman–Crippen LogP) is 1.06. The first-order valence-electron chi connectivity index (χ1n) is 4.07. The van der Waals surface area contributed by atoms with E-state index in [2.05, 4.69) is 25.7 Å². The molecule has 0 aliphatic carbocycles. The smallest absolute Gasteiger partial charge is 0.314 e. The van der Waals surface area contributed by atoms with E-state index in [9.17, 15) is 4.79 Å². The van der Waals surface area contributed by atoms with Crippen LogP contribution in [0.2, 0.25) is 0 Å². The zero-order valence-electron chi connectivity index (χ0n) is 7.74. The molecule has 1 aromatic rings. The van der Waals surface area contributed by atoms with Crippen molar-refractivity contribution >= 4 is 21.9 Å². The minimum Gasteiger partial charge on any atom is -0.469 e. The standard InChI is InChI=1S/C9H11BrN2O2/c1-14-9(13)8(3-11)6-2-7(10)5-12-4-6/h2,4-5,8H,3,11H2,1H3. The van der Waals surface area contributed by atoms with Gasteiger partial charge >= 0.3 is 5.97 Å². The summed E-state index contributed by atoms with van der Waals surface area (Å²) in [6.45, 7) is 0.213. The topological polar surface area (TPSA) is 65.2 Å². The molecule has 2 N–H and O–H groups in total. The molecule has 1 atom stereocenters. The molecule has 1 unspecified atom stereocenters. The van der Waals surface area contributed by atoms with Gasteiger partial charge in [0.25, 0.3) is 0 Å². The first kappa shape index (κ1) is 11.1. The van der Waals surface area contributed by atoms with Crippen molar-refractivity contribution in [2.45, 2.75) is 5.92 Å². The summed E-state index contributed by atoms with van der Waals surface area (Å²) in [4.78, 5) is 15.3. The van der Waals surface area contributed by atoms with Gasteiger partial charge in [-0.1, -0.05) is 0 Å². The van der Waals surface area contributed by atoms with Crippen molar-refractivity contribution in [2.75, 3.05) is 13.7 Å². The molecule has 1 aromatic heterocycles. The number of aromatic nitrogens is 1. The summed E-state index contributed by atoms with van der Waals surface area (Å²) < 4.78 is 5.45.